The Morgan fingerprint density at radius 3 is 2.88 bits per heavy atom. The lowest BCUT2D eigenvalue weighted by Gasteiger charge is -2.33. The fourth-order valence-corrected chi connectivity index (χ4v) is 2.80. The van der Waals surface area contributed by atoms with Gasteiger partial charge in [0.25, 0.3) is 5.91 Å². The van der Waals surface area contributed by atoms with Crippen LogP contribution in [0.1, 0.15) is 23.0 Å². The van der Waals surface area contributed by atoms with Gasteiger partial charge in [0.15, 0.2) is 11.4 Å². The minimum absolute atomic E-state index is 0. The van der Waals surface area contributed by atoms with Gasteiger partial charge in [-0.25, -0.2) is 9.07 Å². The molecule has 0 spiro atoms. The lowest BCUT2D eigenvalue weighted by atomic mass is 10.2. The predicted octanol–water partition coefficient (Wildman–Crippen LogP) is 1.88. The number of piperazine rings is 1. The third-order valence-electron chi connectivity index (χ3n) is 4.07. The molecule has 1 fully saturated rings. The van der Waals surface area contributed by atoms with Crippen molar-refractivity contribution in [3.63, 3.8) is 0 Å². The summed E-state index contributed by atoms with van der Waals surface area (Å²) in [4.78, 5) is 14.3. The number of carbonyl (C=O) groups excluding carboxylic acids is 1. The van der Waals surface area contributed by atoms with Gasteiger partial charge in [-0.3, -0.25) is 4.79 Å². The third kappa shape index (κ3) is 3.37. The SMILES string of the molecule is Cc1cc(F)ccc1-n1cc(O)c(C(=O)N2CCNC[C@H]2C)n1.Cl. The van der Waals surface area contributed by atoms with Crippen LogP contribution in [-0.2, 0) is 0 Å². The number of hydrogen-bond donors (Lipinski definition) is 2. The lowest BCUT2D eigenvalue weighted by Crippen LogP contribution is -2.52. The normalized spacial score (nSPS) is 17.5. The quantitative estimate of drug-likeness (QED) is 0.864. The van der Waals surface area contributed by atoms with E-state index in [2.05, 4.69) is 10.4 Å². The van der Waals surface area contributed by atoms with Gasteiger partial charge in [-0.1, -0.05) is 0 Å². The molecule has 1 aromatic heterocycles. The number of nitrogens with one attached hydrogen (secondary N) is 1. The molecule has 0 unspecified atom stereocenters. The minimum Gasteiger partial charge on any atom is -0.504 e. The monoisotopic (exact) mass is 354 g/mol. The molecule has 3 rings (SSSR count). The molecule has 0 bridgehead atoms. The van der Waals surface area contributed by atoms with E-state index in [-0.39, 0.29) is 41.6 Å². The van der Waals surface area contributed by atoms with Crippen LogP contribution in [0.15, 0.2) is 24.4 Å². The number of carbonyl (C=O) groups is 1. The van der Waals surface area contributed by atoms with Gasteiger partial charge < -0.3 is 15.3 Å². The minimum atomic E-state index is -0.339. The van der Waals surface area contributed by atoms with E-state index < -0.39 is 0 Å². The summed E-state index contributed by atoms with van der Waals surface area (Å²) < 4.78 is 14.6. The molecule has 2 heterocycles. The van der Waals surface area contributed by atoms with Gasteiger partial charge in [0.2, 0.25) is 0 Å². The summed E-state index contributed by atoms with van der Waals surface area (Å²) in [5, 5.41) is 17.5. The first kappa shape index (κ1) is 18.2. The van der Waals surface area contributed by atoms with Crippen molar-refractivity contribution in [2.24, 2.45) is 0 Å². The van der Waals surface area contributed by atoms with Crippen LogP contribution in [-0.4, -0.2) is 51.4 Å². The molecule has 2 N–H and O–H groups in total. The first-order valence-corrected chi connectivity index (χ1v) is 7.54. The number of benzene rings is 1. The lowest BCUT2D eigenvalue weighted by molar-refractivity contribution is 0.0646. The van der Waals surface area contributed by atoms with Crippen molar-refractivity contribution < 1.29 is 14.3 Å². The zero-order valence-corrected chi connectivity index (χ0v) is 14.3. The topological polar surface area (TPSA) is 70.4 Å². The molecular weight excluding hydrogens is 335 g/mol. The molecule has 8 heteroatoms. The smallest absolute Gasteiger partial charge is 0.278 e. The Hall–Kier alpha value is -2.12. The van der Waals surface area contributed by atoms with Crippen LogP contribution in [0, 0.1) is 12.7 Å². The second-order valence-corrected chi connectivity index (χ2v) is 5.79. The highest BCUT2D eigenvalue weighted by Crippen LogP contribution is 2.23. The van der Waals surface area contributed by atoms with Crippen molar-refractivity contribution in [2.75, 3.05) is 19.6 Å². The van der Waals surface area contributed by atoms with E-state index in [0.29, 0.717) is 30.9 Å². The van der Waals surface area contributed by atoms with Gasteiger partial charge in [-0.2, -0.15) is 5.10 Å². The van der Waals surface area contributed by atoms with Crippen LogP contribution in [0.25, 0.3) is 5.69 Å². The van der Waals surface area contributed by atoms with Crippen LogP contribution >= 0.6 is 12.4 Å². The molecule has 2 aromatic rings. The molecule has 130 valence electrons. The van der Waals surface area contributed by atoms with Crippen LogP contribution in [0.5, 0.6) is 5.75 Å². The van der Waals surface area contributed by atoms with Crippen molar-refractivity contribution in [1.82, 2.24) is 20.0 Å². The van der Waals surface area contributed by atoms with E-state index in [1.165, 1.54) is 23.0 Å². The van der Waals surface area contributed by atoms with Gasteiger partial charge in [-0.05, 0) is 37.6 Å². The molecule has 1 saturated heterocycles. The maximum atomic E-state index is 13.2. The van der Waals surface area contributed by atoms with E-state index in [9.17, 15) is 14.3 Å². The first-order valence-electron chi connectivity index (χ1n) is 7.54. The van der Waals surface area contributed by atoms with Gasteiger partial charge in [0.1, 0.15) is 5.82 Å². The second kappa shape index (κ2) is 7.19. The summed E-state index contributed by atoms with van der Waals surface area (Å²) in [6.45, 7) is 5.69. The Morgan fingerprint density at radius 2 is 2.21 bits per heavy atom. The molecule has 6 nitrogen and oxygen atoms in total. The Kier molecular flexibility index (Phi) is 5.46. The molecule has 0 radical (unpaired) electrons. The number of amides is 1. The summed E-state index contributed by atoms with van der Waals surface area (Å²) in [6.07, 6.45) is 1.38. The maximum absolute atomic E-state index is 13.2. The van der Waals surface area contributed by atoms with Crippen molar-refractivity contribution in [3.05, 3.63) is 41.5 Å². The van der Waals surface area contributed by atoms with Gasteiger partial charge in [-0.15, -0.1) is 12.4 Å². The molecule has 1 aromatic carbocycles. The molecular formula is C16H20ClFN4O2. The molecule has 1 atom stereocenters. The first-order chi connectivity index (χ1) is 11.0. The van der Waals surface area contributed by atoms with E-state index in [1.807, 2.05) is 6.92 Å². The largest absolute Gasteiger partial charge is 0.504 e. The van der Waals surface area contributed by atoms with Crippen LogP contribution < -0.4 is 5.32 Å². The average molecular weight is 355 g/mol. The van der Waals surface area contributed by atoms with Crippen LogP contribution in [0.2, 0.25) is 0 Å². The van der Waals surface area contributed by atoms with E-state index in [4.69, 9.17) is 0 Å². The molecule has 1 amide bonds. The number of hydrogen-bond acceptors (Lipinski definition) is 4. The number of aromatic nitrogens is 2. The number of aryl methyl sites for hydroxylation is 1. The van der Waals surface area contributed by atoms with E-state index >= 15 is 0 Å². The Morgan fingerprint density at radius 1 is 1.46 bits per heavy atom. The summed E-state index contributed by atoms with van der Waals surface area (Å²) in [5.41, 5.74) is 1.30. The molecule has 24 heavy (non-hydrogen) atoms. The zero-order valence-electron chi connectivity index (χ0n) is 13.5. The summed E-state index contributed by atoms with van der Waals surface area (Å²) >= 11 is 0. The number of aromatic hydroxyl groups is 1. The predicted molar refractivity (Wildman–Crippen MR) is 90.5 cm³/mol. The second-order valence-electron chi connectivity index (χ2n) is 5.79. The number of halogens is 2. The molecule has 0 aliphatic carbocycles. The fourth-order valence-electron chi connectivity index (χ4n) is 2.80. The molecule has 1 aliphatic rings. The van der Waals surface area contributed by atoms with Crippen molar-refractivity contribution in [2.45, 2.75) is 19.9 Å². The Balaban J connectivity index is 0.00000208. The van der Waals surface area contributed by atoms with Crippen LogP contribution in [0.3, 0.4) is 0 Å². The van der Waals surface area contributed by atoms with Gasteiger partial charge in [0.05, 0.1) is 11.9 Å². The summed E-state index contributed by atoms with van der Waals surface area (Å²) in [5.74, 6) is -0.812. The third-order valence-corrected chi connectivity index (χ3v) is 4.07. The molecule has 1 aliphatic heterocycles. The average Bonchev–Trinajstić information content (AvgIpc) is 2.88. The summed E-state index contributed by atoms with van der Waals surface area (Å²) in [6, 6.07) is 4.31. The highest BCUT2D eigenvalue weighted by Gasteiger charge is 2.28. The fraction of sp³-hybridized carbons (Fsp3) is 0.375. The van der Waals surface area contributed by atoms with Crippen molar-refractivity contribution in [1.29, 1.82) is 0 Å². The van der Waals surface area contributed by atoms with Crippen LogP contribution in [0.4, 0.5) is 4.39 Å². The Labute approximate surface area is 145 Å². The standard InChI is InChI=1S/C16H19FN4O2.ClH/c1-10-7-12(17)3-4-13(10)21-9-14(22)15(19-21)16(23)20-6-5-18-8-11(20)2;/h3-4,7,9,11,18,22H,5-6,8H2,1-2H3;1H/t11-;/m1./s1. The maximum Gasteiger partial charge on any atom is 0.278 e. The number of nitrogens with zero attached hydrogens (tertiary/aromatic N) is 3. The van der Waals surface area contributed by atoms with Crippen molar-refractivity contribution >= 4 is 18.3 Å². The molecule has 0 saturated carbocycles. The van der Waals surface area contributed by atoms with Gasteiger partial charge >= 0.3 is 0 Å². The number of rotatable bonds is 2. The Bertz CT molecular complexity index is 750. The highest BCUT2D eigenvalue weighted by atomic mass is 35.5. The van der Waals surface area contributed by atoms with E-state index in [0.717, 1.165) is 0 Å². The van der Waals surface area contributed by atoms with Crippen molar-refractivity contribution in [3.8, 4) is 11.4 Å². The zero-order chi connectivity index (χ0) is 16.6. The van der Waals surface area contributed by atoms with Gasteiger partial charge in [0, 0.05) is 25.7 Å². The van der Waals surface area contributed by atoms with E-state index in [1.54, 1.807) is 17.9 Å². The highest BCUT2D eigenvalue weighted by molar-refractivity contribution is 5.95. The summed E-state index contributed by atoms with van der Waals surface area (Å²) in [7, 11) is 0.